The molecule has 13 heavy (non-hydrogen) atoms. The summed E-state index contributed by atoms with van der Waals surface area (Å²) in [6.45, 7) is 0. The van der Waals surface area contributed by atoms with Crippen LogP contribution >= 0.6 is 0 Å². The Morgan fingerprint density at radius 1 is 1.08 bits per heavy atom. The SMILES string of the molecule is FC1CC2(C1)CC13C2C[C@@]12CCC32. The van der Waals surface area contributed by atoms with E-state index in [1.807, 2.05) is 0 Å². The predicted octanol–water partition coefficient (Wildman–Crippen LogP) is 2.92. The summed E-state index contributed by atoms with van der Waals surface area (Å²) in [5, 5.41) is 0. The van der Waals surface area contributed by atoms with Crippen LogP contribution < -0.4 is 0 Å². The Morgan fingerprint density at radius 2 is 1.92 bits per heavy atom. The number of hydrogen-bond acceptors (Lipinski definition) is 0. The molecule has 1 heteroatoms. The summed E-state index contributed by atoms with van der Waals surface area (Å²) in [6.07, 6.45) is 7.43. The maximum atomic E-state index is 12.9. The highest BCUT2D eigenvalue weighted by Gasteiger charge is 2.97. The fraction of sp³-hybridized carbons (Fsp3) is 1.00. The van der Waals surface area contributed by atoms with E-state index in [0.29, 0.717) is 5.41 Å². The summed E-state index contributed by atoms with van der Waals surface area (Å²) >= 11 is 0. The zero-order valence-electron chi connectivity index (χ0n) is 7.85. The Kier molecular flexibility index (Phi) is 0.649. The van der Waals surface area contributed by atoms with E-state index in [0.717, 1.165) is 35.5 Å². The molecule has 0 nitrogen and oxygen atoms in total. The van der Waals surface area contributed by atoms with E-state index in [2.05, 4.69) is 0 Å². The number of rotatable bonds is 0. The molecule has 0 radical (unpaired) electrons. The molecule has 0 saturated heterocycles. The summed E-state index contributed by atoms with van der Waals surface area (Å²) in [6, 6.07) is 0. The molecule has 70 valence electrons. The third-order valence-corrected chi connectivity index (χ3v) is 6.84. The Morgan fingerprint density at radius 3 is 2.31 bits per heavy atom. The minimum absolute atomic E-state index is 0.426. The van der Waals surface area contributed by atoms with Crippen molar-refractivity contribution in [3.63, 3.8) is 0 Å². The van der Waals surface area contributed by atoms with Gasteiger partial charge in [0.2, 0.25) is 0 Å². The maximum absolute atomic E-state index is 12.9. The Bertz CT molecular complexity index is 330. The van der Waals surface area contributed by atoms with E-state index in [1.165, 1.54) is 25.7 Å². The highest BCUT2D eigenvalue weighted by atomic mass is 19.1. The molecule has 5 aliphatic carbocycles. The fourth-order valence-electron chi connectivity index (χ4n) is 6.37. The molecule has 5 saturated carbocycles. The van der Waals surface area contributed by atoms with Gasteiger partial charge in [-0.25, -0.2) is 4.39 Å². The number of halogens is 1. The monoisotopic (exact) mass is 178 g/mol. The first-order chi connectivity index (χ1) is 6.24. The Hall–Kier alpha value is -0.0700. The summed E-state index contributed by atoms with van der Waals surface area (Å²) in [5.74, 6) is 2.13. The van der Waals surface area contributed by atoms with E-state index < -0.39 is 6.17 Å². The van der Waals surface area contributed by atoms with Gasteiger partial charge in [0, 0.05) is 0 Å². The lowest BCUT2D eigenvalue weighted by atomic mass is 9.35. The van der Waals surface area contributed by atoms with Crippen LogP contribution in [-0.4, -0.2) is 6.17 Å². The van der Waals surface area contributed by atoms with Gasteiger partial charge in [-0.2, -0.15) is 0 Å². The van der Waals surface area contributed by atoms with Crippen molar-refractivity contribution in [2.24, 2.45) is 28.1 Å². The average Bonchev–Trinajstić information content (AvgIpc) is 2.31. The van der Waals surface area contributed by atoms with Crippen LogP contribution in [0.4, 0.5) is 4.39 Å². The molecule has 5 fully saturated rings. The van der Waals surface area contributed by atoms with Crippen molar-refractivity contribution in [2.75, 3.05) is 0 Å². The third kappa shape index (κ3) is 0.351. The van der Waals surface area contributed by atoms with Crippen LogP contribution in [0, 0.1) is 28.1 Å². The third-order valence-electron chi connectivity index (χ3n) is 6.84. The van der Waals surface area contributed by atoms with Gasteiger partial charge in [-0.15, -0.1) is 0 Å². The summed E-state index contributed by atoms with van der Waals surface area (Å²) in [7, 11) is 0. The quantitative estimate of drug-likeness (QED) is 0.535. The van der Waals surface area contributed by atoms with Gasteiger partial charge in [0.15, 0.2) is 0 Å². The van der Waals surface area contributed by atoms with Crippen molar-refractivity contribution >= 4 is 0 Å². The molecule has 0 bridgehead atoms. The Balaban J connectivity index is 1.51. The first kappa shape index (κ1) is 6.42. The van der Waals surface area contributed by atoms with Gasteiger partial charge in [0.1, 0.15) is 6.17 Å². The average molecular weight is 178 g/mol. The van der Waals surface area contributed by atoms with Crippen LogP contribution in [-0.2, 0) is 0 Å². The van der Waals surface area contributed by atoms with Crippen molar-refractivity contribution in [2.45, 2.75) is 44.7 Å². The Labute approximate surface area is 77.9 Å². The molecular weight excluding hydrogens is 163 g/mol. The van der Waals surface area contributed by atoms with E-state index in [9.17, 15) is 4.39 Å². The molecule has 0 aromatic rings. The standard InChI is InChI=1S/C12H15F/c13-7-3-10(4-7)6-12-8-1-2-11(8,12)5-9(10)12/h7-9H,1-6H2/t7?,8?,9?,10?,11-,12?/m1/s1. The van der Waals surface area contributed by atoms with Crippen LogP contribution in [0.15, 0.2) is 0 Å². The highest BCUT2D eigenvalue weighted by Crippen LogP contribution is 3.03. The van der Waals surface area contributed by atoms with Crippen molar-refractivity contribution in [3.05, 3.63) is 0 Å². The van der Waals surface area contributed by atoms with Crippen LogP contribution in [0.1, 0.15) is 38.5 Å². The van der Waals surface area contributed by atoms with E-state index in [1.54, 1.807) is 0 Å². The molecule has 0 aromatic heterocycles. The molecule has 5 aliphatic rings. The molecule has 0 N–H and O–H groups in total. The molecule has 4 atom stereocenters. The van der Waals surface area contributed by atoms with Gasteiger partial charge >= 0.3 is 0 Å². The summed E-state index contributed by atoms with van der Waals surface area (Å²) in [4.78, 5) is 0. The van der Waals surface area contributed by atoms with Crippen molar-refractivity contribution in [1.29, 1.82) is 0 Å². The van der Waals surface area contributed by atoms with Gasteiger partial charge < -0.3 is 0 Å². The number of hydrogen-bond donors (Lipinski definition) is 0. The largest absolute Gasteiger partial charge is 0.247 e. The van der Waals surface area contributed by atoms with Crippen molar-refractivity contribution < 1.29 is 4.39 Å². The number of fused-ring (bicyclic) bond motifs is 1. The van der Waals surface area contributed by atoms with Gasteiger partial charge in [0.25, 0.3) is 0 Å². The second kappa shape index (κ2) is 1.31. The predicted molar refractivity (Wildman–Crippen MR) is 46.9 cm³/mol. The lowest BCUT2D eigenvalue weighted by Crippen LogP contribution is -2.64. The second-order valence-electron chi connectivity index (χ2n) is 6.59. The fourth-order valence-corrected chi connectivity index (χ4v) is 6.37. The molecule has 5 rings (SSSR count). The van der Waals surface area contributed by atoms with Crippen molar-refractivity contribution in [1.82, 2.24) is 0 Å². The molecule has 0 aliphatic heterocycles. The zero-order valence-corrected chi connectivity index (χ0v) is 7.85. The second-order valence-corrected chi connectivity index (χ2v) is 6.59. The van der Waals surface area contributed by atoms with Crippen LogP contribution in [0.2, 0.25) is 0 Å². The molecule has 0 aromatic carbocycles. The zero-order chi connectivity index (χ0) is 8.47. The normalized spacial score (nSPS) is 80.5. The highest BCUT2D eigenvalue weighted by molar-refractivity contribution is 5.44. The van der Waals surface area contributed by atoms with Crippen molar-refractivity contribution in [3.8, 4) is 0 Å². The maximum Gasteiger partial charge on any atom is 0.101 e. The molecule has 0 amide bonds. The van der Waals surface area contributed by atoms with Crippen LogP contribution in [0.3, 0.4) is 0 Å². The lowest BCUT2D eigenvalue weighted by molar-refractivity contribution is -0.224. The summed E-state index contributed by atoms with van der Waals surface area (Å²) < 4.78 is 12.9. The first-order valence-corrected chi connectivity index (χ1v) is 5.88. The first-order valence-electron chi connectivity index (χ1n) is 5.88. The van der Waals surface area contributed by atoms with Gasteiger partial charge in [-0.1, -0.05) is 0 Å². The van der Waals surface area contributed by atoms with E-state index in [-0.39, 0.29) is 0 Å². The van der Waals surface area contributed by atoms with Gasteiger partial charge in [0.05, 0.1) is 0 Å². The van der Waals surface area contributed by atoms with Crippen LogP contribution in [0.25, 0.3) is 0 Å². The number of alkyl halides is 1. The molecule has 0 heterocycles. The molecular formula is C12H15F. The van der Waals surface area contributed by atoms with Gasteiger partial charge in [-0.05, 0) is 66.6 Å². The topological polar surface area (TPSA) is 0 Å². The van der Waals surface area contributed by atoms with Crippen LogP contribution in [0.5, 0.6) is 0 Å². The minimum atomic E-state index is -0.426. The smallest absolute Gasteiger partial charge is 0.101 e. The lowest BCUT2D eigenvalue weighted by Gasteiger charge is -2.70. The summed E-state index contributed by atoms with van der Waals surface area (Å²) in [5.41, 5.74) is 2.28. The van der Waals surface area contributed by atoms with E-state index >= 15 is 0 Å². The van der Waals surface area contributed by atoms with Gasteiger partial charge in [-0.3, -0.25) is 0 Å². The molecule has 3 unspecified atom stereocenters. The minimum Gasteiger partial charge on any atom is -0.247 e. The van der Waals surface area contributed by atoms with E-state index in [4.69, 9.17) is 0 Å². The molecule has 3 spiro atoms.